The van der Waals surface area contributed by atoms with Gasteiger partial charge < -0.3 is 10.4 Å². The van der Waals surface area contributed by atoms with Crippen LogP contribution in [0.25, 0.3) is 0 Å². The van der Waals surface area contributed by atoms with Crippen LogP contribution in [0.4, 0.5) is 0 Å². The molecule has 2 N–H and O–H groups in total. The van der Waals surface area contributed by atoms with Crippen LogP contribution in [0.15, 0.2) is 24.3 Å². The fourth-order valence-electron chi connectivity index (χ4n) is 2.08. The third-order valence-corrected chi connectivity index (χ3v) is 3.30. The first-order chi connectivity index (χ1) is 7.29. The lowest BCUT2D eigenvalue weighted by molar-refractivity contribution is 0.114. The summed E-state index contributed by atoms with van der Waals surface area (Å²) in [6, 6.07) is 7.66. The van der Waals surface area contributed by atoms with Gasteiger partial charge >= 0.3 is 0 Å². The molecule has 0 saturated carbocycles. The molecule has 1 heterocycles. The molecule has 2 nitrogen and oxygen atoms in total. The van der Waals surface area contributed by atoms with Crippen molar-refractivity contribution in [1.82, 2.24) is 5.32 Å². The van der Waals surface area contributed by atoms with Crippen molar-refractivity contribution < 1.29 is 5.11 Å². The van der Waals surface area contributed by atoms with E-state index in [1.54, 1.807) is 0 Å². The third kappa shape index (κ3) is 2.51. The zero-order valence-corrected chi connectivity index (χ0v) is 9.37. The number of hydrogen-bond acceptors (Lipinski definition) is 2. The summed E-state index contributed by atoms with van der Waals surface area (Å²) in [5, 5.41) is 14.2. The second-order valence-electron chi connectivity index (χ2n) is 4.02. The number of hydrogen-bond donors (Lipinski definition) is 2. The van der Waals surface area contributed by atoms with E-state index < -0.39 is 6.10 Å². The van der Waals surface area contributed by atoms with Crippen molar-refractivity contribution in [1.29, 1.82) is 0 Å². The maximum absolute atomic E-state index is 10.2. The van der Waals surface area contributed by atoms with Crippen molar-refractivity contribution in [2.24, 2.45) is 0 Å². The summed E-state index contributed by atoms with van der Waals surface area (Å²) in [6.07, 6.45) is 2.91. The lowest BCUT2D eigenvalue weighted by Crippen LogP contribution is -2.38. The van der Waals surface area contributed by atoms with Crippen molar-refractivity contribution in [3.63, 3.8) is 0 Å². The van der Waals surface area contributed by atoms with Crippen LogP contribution in [0.2, 0.25) is 5.02 Å². The fraction of sp³-hybridized carbons (Fsp3) is 0.500. The SMILES string of the molecule is OC(c1ccccc1Cl)C1CCCCN1. The Bertz CT molecular complexity index is 323. The maximum atomic E-state index is 10.2. The number of benzene rings is 1. The van der Waals surface area contributed by atoms with Crippen molar-refractivity contribution in [2.45, 2.75) is 31.4 Å². The Morgan fingerprint density at radius 2 is 2.13 bits per heavy atom. The average Bonchev–Trinajstić information content (AvgIpc) is 2.30. The number of rotatable bonds is 2. The zero-order valence-electron chi connectivity index (χ0n) is 8.62. The lowest BCUT2D eigenvalue weighted by Gasteiger charge is -2.28. The molecule has 2 rings (SSSR count). The summed E-state index contributed by atoms with van der Waals surface area (Å²) < 4.78 is 0. The van der Waals surface area contributed by atoms with E-state index in [2.05, 4.69) is 5.32 Å². The predicted octanol–water partition coefficient (Wildman–Crippen LogP) is 2.52. The Hall–Kier alpha value is -0.570. The first-order valence-electron chi connectivity index (χ1n) is 5.45. The average molecular weight is 226 g/mol. The molecule has 1 fully saturated rings. The smallest absolute Gasteiger partial charge is 0.0957 e. The van der Waals surface area contributed by atoms with E-state index in [1.807, 2.05) is 24.3 Å². The normalized spacial score (nSPS) is 23.7. The van der Waals surface area contributed by atoms with E-state index in [-0.39, 0.29) is 6.04 Å². The molecule has 0 spiro atoms. The first-order valence-corrected chi connectivity index (χ1v) is 5.82. The van der Waals surface area contributed by atoms with Crippen LogP contribution >= 0.6 is 11.6 Å². The van der Waals surface area contributed by atoms with Crippen molar-refractivity contribution >= 4 is 11.6 Å². The summed E-state index contributed by atoms with van der Waals surface area (Å²) in [4.78, 5) is 0. The largest absolute Gasteiger partial charge is 0.387 e. The van der Waals surface area contributed by atoms with Crippen molar-refractivity contribution in [3.8, 4) is 0 Å². The number of halogens is 1. The predicted molar refractivity (Wildman–Crippen MR) is 62.1 cm³/mol. The number of aliphatic hydroxyl groups excluding tert-OH is 1. The van der Waals surface area contributed by atoms with Gasteiger partial charge in [-0.3, -0.25) is 0 Å². The lowest BCUT2D eigenvalue weighted by atomic mass is 9.95. The summed E-state index contributed by atoms with van der Waals surface area (Å²) in [5.41, 5.74) is 0.832. The molecule has 0 aromatic heterocycles. The van der Waals surface area contributed by atoms with Crippen molar-refractivity contribution in [3.05, 3.63) is 34.9 Å². The molecule has 0 bridgehead atoms. The standard InChI is InChI=1S/C12H16ClNO/c13-10-6-2-1-5-9(10)12(15)11-7-3-4-8-14-11/h1-2,5-6,11-12,14-15H,3-4,7-8H2. The van der Waals surface area contributed by atoms with Crippen LogP contribution in [0, 0.1) is 0 Å². The number of aliphatic hydroxyl groups is 1. The minimum Gasteiger partial charge on any atom is -0.387 e. The molecule has 1 aliphatic rings. The molecule has 0 aliphatic carbocycles. The molecule has 82 valence electrons. The van der Waals surface area contributed by atoms with Crippen LogP contribution in [0.1, 0.15) is 30.9 Å². The van der Waals surface area contributed by atoms with E-state index in [4.69, 9.17) is 11.6 Å². The van der Waals surface area contributed by atoms with Gasteiger partial charge in [-0.25, -0.2) is 0 Å². The highest BCUT2D eigenvalue weighted by Gasteiger charge is 2.23. The molecule has 0 radical (unpaired) electrons. The molecule has 1 saturated heterocycles. The van der Waals surface area contributed by atoms with Gasteiger partial charge in [0, 0.05) is 16.6 Å². The van der Waals surface area contributed by atoms with Gasteiger partial charge in [-0.2, -0.15) is 0 Å². The first kappa shape index (κ1) is 10.9. The van der Waals surface area contributed by atoms with E-state index in [1.165, 1.54) is 12.8 Å². The fourth-order valence-corrected chi connectivity index (χ4v) is 2.33. The van der Waals surface area contributed by atoms with E-state index in [0.717, 1.165) is 18.5 Å². The Balaban J connectivity index is 2.12. The number of piperidine rings is 1. The zero-order chi connectivity index (χ0) is 10.7. The molecule has 1 aliphatic heterocycles. The van der Waals surface area contributed by atoms with Gasteiger partial charge in [0.05, 0.1) is 6.10 Å². The Labute approximate surface area is 95.3 Å². The molecular weight excluding hydrogens is 210 g/mol. The van der Waals surface area contributed by atoms with Gasteiger partial charge in [0.1, 0.15) is 0 Å². The minimum atomic E-state index is -0.487. The summed E-state index contributed by atoms with van der Waals surface area (Å²) in [7, 11) is 0. The molecular formula is C12H16ClNO. The molecule has 3 heteroatoms. The molecule has 15 heavy (non-hydrogen) atoms. The van der Waals surface area contributed by atoms with Crippen LogP contribution in [0.5, 0.6) is 0 Å². The monoisotopic (exact) mass is 225 g/mol. The van der Waals surface area contributed by atoms with Crippen LogP contribution < -0.4 is 5.32 Å². The maximum Gasteiger partial charge on any atom is 0.0957 e. The van der Waals surface area contributed by atoms with Crippen LogP contribution in [0.3, 0.4) is 0 Å². The second-order valence-corrected chi connectivity index (χ2v) is 4.43. The summed E-state index contributed by atoms with van der Waals surface area (Å²) in [5.74, 6) is 0. The topological polar surface area (TPSA) is 32.3 Å². The Morgan fingerprint density at radius 3 is 2.80 bits per heavy atom. The Kier molecular flexibility index (Phi) is 3.62. The highest BCUT2D eigenvalue weighted by atomic mass is 35.5. The molecule has 2 unspecified atom stereocenters. The summed E-state index contributed by atoms with van der Waals surface area (Å²) in [6.45, 7) is 0.992. The van der Waals surface area contributed by atoms with Gasteiger partial charge in [-0.15, -0.1) is 0 Å². The van der Waals surface area contributed by atoms with Gasteiger partial charge in [-0.05, 0) is 25.5 Å². The van der Waals surface area contributed by atoms with E-state index >= 15 is 0 Å². The number of nitrogens with one attached hydrogen (secondary N) is 1. The summed E-state index contributed by atoms with van der Waals surface area (Å²) >= 11 is 6.05. The van der Waals surface area contributed by atoms with Gasteiger partial charge in [0.2, 0.25) is 0 Å². The van der Waals surface area contributed by atoms with Gasteiger partial charge in [0.15, 0.2) is 0 Å². The second kappa shape index (κ2) is 4.97. The third-order valence-electron chi connectivity index (χ3n) is 2.95. The quantitative estimate of drug-likeness (QED) is 0.811. The van der Waals surface area contributed by atoms with E-state index in [0.29, 0.717) is 5.02 Å². The highest BCUT2D eigenvalue weighted by Crippen LogP contribution is 2.27. The van der Waals surface area contributed by atoms with Crippen LogP contribution in [-0.2, 0) is 0 Å². The highest BCUT2D eigenvalue weighted by molar-refractivity contribution is 6.31. The Morgan fingerprint density at radius 1 is 1.33 bits per heavy atom. The van der Waals surface area contributed by atoms with E-state index in [9.17, 15) is 5.11 Å². The molecule has 2 atom stereocenters. The van der Waals surface area contributed by atoms with Gasteiger partial charge in [-0.1, -0.05) is 36.2 Å². The molecule has 0 amide bonds. The molecule has 1 aromatic carbocycles. The molecule has 1 aromatic rings. The van der Waals surface area contributed by atoms with Crippen LogP contribution in [-0.4, -0.2) is 17.7 Å². The van der Waals surface area contributed by atoms with Crippen molar-refractivity contribution in [2.75, 3.05) is 6.54 Å². The minimum absolute atomic E-state index is 0.152. The van der Waals surface area contributed by atoms with Gasteiger partial charge in [0.25, 0.3) is 0 Å².